The fraction of sp³-hybridized carbons (Fsp3) is 0.375. The van der Waals surface area contributed by atoms with Crippen LogP contribution in [0.5, 0.6) is 5.88 Å². The fourth-order valence-electron chi connectivity index (χ4n) is 5.14. The number of thioether (sulfide) groups is 1. The van der Waals surface area contributed by atoms with Gasteiger partial charge in [-0.3, -0.25) is 4.79 Å². The van der Waals surface area contributed by atoms with Gasteiger partial charge in [0.25, 0.3) is 0 Å². The molecule has 5 rings (SSSR count). The lowest BCUT2D eigenvalue weighted by Gasteiger charge is -2.24. The van der Waals surface area contributed by atoms with Crippen molar-refractivity contribution in [1.29, 1.82) is 0 Å². The van der Waals surface area contributed by atoms with Crippen LogP contribution in [0.25, 0.3) is 10.2 Å². The Kier molecular flexibility index (Phi) is 9.22. The summed E-state index contributed by atoms with van der Waals surface area (Å²) in [6.07, 6.45) is 3.81. The number of aromatic nitrogens is 1. The summed E-state index contributed by atoms with van der Waals surface area (Å²) in [5.41, 5.74) is 3.89. The summed E-state index contributed by atoms with van der Waals surface area (Å²) in [7, 11) is 0. The van der Waals surface area contributed by atoms with Crippen molar-refractivity contribution in [3.8, 4) is 5.88 Å². The number of carboxylic acids is 1. The van der Waals surface area contributed by atoms with E-state index < -0.39 is 11.6 Å². The minimum absolute atomic E-state index is 0.101. The predicted octanol–water partition coefficient (Wildman–Crippen LogP) is 9.07. The number of aliphatic hydroxyl groups is 1. The molecular formula is C32H33Cl2NO4S2. The van der Waals surface area contributed by atoms with Crippen LogP contribution in [-0.4, -0.2) is 26.9 Å². The molecule has 1 aliphatic carbocycles. The van der Waals surface area contributed by atoms with Gasteiger partial charge in [0.15, 0.2) is 0 Å². The summed E-state index contributed by atoms with van der Waals surface area (Å²) >= 11 is 15.7. The van der Waals surface area contributed by atoms with Crippen LogP contribution >= 0.6 is 46.3 Å². The third-order valence-electron chi connectivity index (χ3n) is 7.55. The number of carbonyl (C=O) groups is 1. The molecule has 2 N–H and O–H groups in total. The minimum Gasteiger partial charge on any atom is -0.481 e. The lowest BCUT2D eigenvalue weighted by atomic mass is 9.90. The van der Waals surface area contributed by atoms with Gasteiger partial charge < -0.3 is 14.9 Å². The first-order chi connectivity index (χ1) is 19.5. The van der Waals surface area contributed by atoms with E-state index in [1.54, 1.807) is 0 Å². The summed E-state index contributed by atoms with van der Waals surface area (Å²) in [5.74, 6) is 0.569. The zero-order valence-corrected chi connectivity index (χ0v) is 26.2. The Morgan fingerprint density at radius 2 is 1.93 bits per heavy atom. The molecule has 0 amide bonds. The SMILES string of the molecule is CC(C)(O)c1ccccc1CC[C@@H](SCC1(CC(=O)O)CC1)c1cccc(COc2ccc3sc(Cl)c(Cl)c3n2)c1. The molecule has 0 saturated heterocycles. The zero-order valence-electron chi connectivity index (χ0n) is 23.0. The van der Waals surface area contributed by atoms with Crippen LogP contribution < -0.4 is 4.74 Å². The summed E-state index contributed by atoms with van der Waals surface area (Å²) < 4.78 is 7.47. The van der Waals surface area contributed by atoms with E-state index in [-0.39, 0.29) is 17.1 Å². The lowest BCUT2D eigenvalue weighted by molar-refractivity contribution is -0.138. The van der Waals surface area contributed by atoms with Crippen molar-refractivity contribution in [3.05, 3.63) is 92.3 Å². The van der Waals surface area contributed by atoms with Crippen molar-refractivity contribution < 1.29 is 19.7 Å². The second kappa shape index (κ2) is 12.5. The van der Waals surface area contributed by atoms with Gasteiger partial charge in [-0.25, -0.2) is 4.98 Å². The number of pyridine rings is 1. The highest BCUT2D eigenvalue weighted by Crippen LogP contribution is 2.53. The molecule has 2 aromatic heterocycles. The number of halogens is 2. The van der Waals surface area contributed by atoms with Crippen molar-refractivity contribution in [2.75, 3.05) is 5.75 Å². The van der Waals surface area contributed by atoms with E-state index >= 15 is 0 Å². The van der Waals surface area contributed by atoms with E-state index in [9.17, 15) is 15.0 Å². The van der Waals surface area contributed by atoms with Crippen LogP contribution in [0.4, 0.5) is 0 Å². The molecule has 2 aromatic carbocycles. The number of hydrogen-bond donors (Lipinski definition) is 2. The van der Waals surface area contributed by atoms with Crippen LogP contribution in [0.1, 0.15) is 67.0 Å². The molecule has 1 aliphatic rings. The Morgan fingerprint density at radius 1 is 1.15 bits per heavy atom. The first-order valence-electron chi connectivity index (χ1n) is 13.6. The third kappa shape index (κ3) is 7.57. The highest BCUT2D eigenvalue weighted by Gasteiger charge is 2.44. The maximum absolute atomic E-state index is 11.5. The largest absolute Gasteiger partial charge is 0.481 e. The van der Waals surface area contributed by atoms with Crippen molar-refractivity contribution in [1.82, 2.24) is 4.98 Å². The van der Waals surface area contributed by atoms with Crippen molar-refractivity contribution in [3.63, 3.8) is 0 Å². The molecular weight excluding hydrogens is 597 g/mol. The van der Waals surface area contributed by atoms with Crippen LogP contribution in [0.2, 0.25) is 9.36 Å². The first-order valence-corrected chi connectivity index (χ1v) is 16.3. The first kappa shape index (κ1) is 30.2. The Balaban J connectivity index is 1.33. The molecule has 9 heteroatoms. The Bertz CT molecular complexity index is 1540. The number of benzene rings is 2. The van der Waals surface area contributed by atoms with E-state index in [1.807, 2.05) is 68.1 Å². The van der Waals surface area contributed by atoms with E-state index in [0.29, 0.717) is 27.4 Å². The van der Waals surface area contributed by atoms with E-state index in [1.165, 1.54) is 16.9 Å². The van der Waals surface area contributed by atoms with Crippen molar-refractivity contribution in [2.45, 2.75) is 63.4 Å². The van der Waals surface area contributed by atoms with Gasteiger partial charge in [0.2, 0.25) is 5.88 Å². The van der Waals surface area contributed by atoms with Gasteiger partial charge in [0.05, 0.1) is 21.7 Å². The molecule has 0 spiro atoms. The molecule has 0 aliphatic heterocycles. The van der Waals surface area contributed by atoms with Crippen molar-refractivity contribution >= 4 is 62.5 Å². The van der Waals surface area contributed by atoms with Gasteiger partial charge >= 0.3 is 5.97 Å². The lowest BCUT2D eigenvalue weighted by Crippen LogP contribution is -2.18. The highest BCUT2D eigenvalue weighted by molar-refractivity contribution is 7.99. The zero-order chi connectivity index (χ0) is 29.2. The number of rotatable bonds is 13. The molecule has 0 bridgehead atoms. The topological polar surface area (TPSA) is 79.7 Å². The number of thiophene rings is 1. The smallest absolute Gasteiger partial charge is 0.303 e. The number of aryl methyl sites for hydroxylation is 1. The molecule has 1 atom stereocenters. The van der Waals surface area contributed by atoms with Gasteiger partial charge in [-0.1, -0.05) is 71.7 Å². The Morgan fingerprint density at radius 3 is 2.66 bits per heavy atom. The summed E-state index contributed by atoms with van der Waals surface area (Å²) in [6, 6.07) is 20.2. The Labute approximate surface area is 258 Å². The monoisotopic (exact) mass is 629 g/mol. The molecule has 1 saturated carbocycles. The number of nitrogens with zero attached hydrogens (tertiary/aromatic N) is 1. The van der Waals surface area contributed by atoms with Gasteiger partial charge in [0.1, 0.15) is 16.5 Å². The van der Waals surface area contributed by atoms with Crippen LogP contribution in [0, 0.1) is 5.41 Å². The number of carboxylic acid groups (broad SMARTS) is 1. The standard InChI is InChI=1S/C32H33Cl2NO4S2/c1-31(2,38)23-9-4-3-7-21(23)10-11-24(40-19-32(14-15-32)17-27(36)37)22-8-5-6-20(16-22)18-39-26-13-12-25-29(35-26)28(33)30(34)41-25/h3-9,12-13,16,24,38H,10-11,14-15,17-19H2,1-2H3,(H,36,37)/t24-/m1/s1. The molecule has 41 heavy (non-hydrogen) atoms. The van der Waals surface area contributed by atoms with E-state index in [4.69, 9.17) is 27.9 Å². The number of ether oxygens (including phenoxy) is 1. The fourth-order valence-corrected chi connectivity index (χ4v) is 8.12. The molecule has 1 fully saturated rings. The molecule has 0 unspecified atom stereocenters. The number of fused-ring (bicyclic) bond motifs is 1. The molecule has 2 heterocycles. The Hall–Kier alpha value is -2.29. The van der Waals surface area contributed by atoms with Gasteiger partial charge in [-0.15, -0.1) is 11.3 Å². The molecule has 4 aromatic rings. The van der Waals surface area contributed by atoms with Gasteiger partial charge in [-0.05, 0) is 73.3 Å². The van der Waals surface area contributed by atoms with Crippen LogP contribution in [0.3, 0.4) is 0 Å². The molecule has 5 nitrogen and oxygen atoms in total. The van der Waals surface area contributed by atoms with E-state index in [0.717, 1.165) is 52.8 Å². The van der Waals surface area contributed by atoms with Gasteiger partial charge in [-0.2, -0.15) is 11.8 Å². The average Bonchev–Trinajstić information content (AvgIpc) is 3.63. The third-order valence-corrected chi connectivity index (χ3v) is 11.2. The normalized spacial score (nSPS) is 15.1. The van der Waals surface area contributed by atoms with Crippen molar-refractivity contribution in [2.24, 2.45) is 5.41 Å². The maximum atomic E-state index is 11.5. The van der Waals surface area contributed by atoms with Crippen LogP contribution in [0.15, 0.2) is 60.7 Å². The second-order valence-corrected chi connectivity index (χ2v) is 14.6. The van der Waals surface area contributed by atoms with Gasteiger partial charge in [0, 0.05) is 17.1 Å². The number of hydrogen-bond acceptors (Lipinski definition) is 6. The maximum Gasteiger partial charge on any atom is 0.303 e. The summed E-state index contributed by atoms with van der Waals surface area (Å²) in [6.45, 7) is 3.99. The summed E-state index contributed by atoms with van der Waals surface area (Å²) in [4.78, 5) is 16.0. The minimum atomic E-state index is -0.925. The summed E-state index contributed by atoms with van der Waals surface area (Å²) in [5, 5.41) is 20.8. The highest BCUT2D eigenvalue weighted by atomic mass is 35.5. The second-order valence-electron chi connectivity index (χ2n) is 11.3. The van der Waals surface area contributed by atoms with E-state index in [2.05, 4.69) is 23.2 Å². The number of aliphatic carboxylic acids is 1. The average molecular weight is 631 g/mol. The molecule has 216 valence electrons. The van der Waals surface area contributed by atoms with Crippen LogP contribution in [-0.2, 0) is 23.4 Å². The predicted molar refractivity (Wildman–Crippen MR) is 170 cm³/mol. The quantitative estimate of drug-likeness (QED) is 0.153. The molecule has 0 radical (unpaired) electrons.